The number of hydrogen-bond acceptors (Lipinski definition) is 5. The Kier molecular flexibility index (Phi) is 12.6. The van der Waals surface area contributed by atoms with Crippen molar-refractivity contribution in [3.63, 3.8) is 0 Å². The molecule has 0 aliphatic rings. The molecule has 0 amide bonds. The molecule has 0 atom stereocenters. The van der Waals surface area contributed by atoms with Gasteiger partial charge in [-0.3, -0.25) is 0 Å². The van der Waals surface area contributed by atoms with E-state index in [0.717, 1.165) is 29.6 Å². The Morgan fingerprint density at radius 1 is 0.893 bits per heavy atom. The Bertz CT molecular complexity index is 828. The van der Waals surface area contributed by atoms with Crippen LogP contribution in [-0.4, -0.2) is 25.9 Å². The molecule has 0 bridgehead atoms. The van der Waals surface area contributed by atoms with E-state index in [0.29, 0.717) is 18.3 Å². The molecule has 0 fully saturated rings. The van der Waals surface area contributed by atoms with Gasteiger partial charge in [-0.1, -0.05) is 28.5 Å². The summed E-state index contributed by atoms with van der Waals surface area (Å²) in [5.41, 5.74) is 14.2. The average molecular weight is 653 g/mol. The zero-order valence-corrected chi connectivity index (χ0v) is 21.0. The smallest absolute Gasteiger partial charge is 0.170 e. The molecule has 0 aromatic heterocycles. The van der Waals surface area contributed by atoms with E-state index in [2.05, 4.69) is 55.5 Å². The summed E-state index contributed by atoms with van der Waals surface area (Å²) in [5, 5.41) is 7.50. The normalized spacial score (nSPS) is 11.1. The van der Waals surface area contributed by atoms with Crippen molar-refractivity contribution >= 4 is 81.7 Å². The lowest BCUT2D eigenvalue weighted by Crippen LogP contribution is -2.15. The quantitative estimate of drug-likeness (QED) is 0.205. The fourth-order valence-electron chi connectivity index (χ4n) is 2.12. The molecular formula is C17H20Cl2I2N4O3. The van der Waals surface area contributed by atoms with Gasteiger partial charge in [-0.2, -0.15) is 0 Å². The van der Waals surface area contributed by atoms with Gasteiger partial charge in [-0.25, -0.2) is 0 Å². The van der Waals surface area contributed by atoms with Crippen molar-refractivity contribution < 1.29 is 14.4 Å². The molecule has 0 saturated heterocycles. The van der Waals surface area contributed by atoms with Crippen LogP contribution >= 0.6 is 70.0 Å². The largest absolute Gasteiger partial charge is 0.487 e. The Hall–Kier alpha value is -1.18. The maximum Gasteiger partial charge on any atom is 0.170 e. The SMILES string of the molecule is CO/N=C(\N)c1cccc(COc2c(I)cc(/C(N)=N/OC)cc2I)c1.Cl.Cl. The molecule has 0 saturated carbocycles. The minimum Gasteiger partial charge on any atom is -0.487 e. The van der Waals surface area contributed by atoms with E-state index < -0.39 is 0 Å². The predicted molar refractivity (Wildman–Crippen MR) is 133 cm³/mol. The Morgan fingerprint density at radius 3 is 1.96 bits per heavy atom. The van der Waals surface area contributed by atoms with Crippen LogP contribution in [0.2, 0.25) is 0 Å². The summed E-state index contributed by atoms with van der Waals surface area (Å²) in [6.07, 6.45) is 0. The van der Waals surface area contributed by atoms with Gasteiger partial charge in [0.1, 0.15) is 26.6 Å². The molecular weight excluding hydrogens is 633 g/mol. The number of rotatable bonds is 7. The highest BCUT2D eigenvalue weighted by Gasteiger charge is 2.12. The summed E-state index contributed by atoms with van der Waals surface area (Å²) in [5.74, 6) is 1.41. The van der Waals surface area contributed by atoms with Crippen LogP contribution < -0.4 is 16.2 Å². The molecule has 0 aliphatic carbocycles. The fraction of sp³-hybridized carbons (Fsp3) is 0.176. The Balaban J connectivity index is 0.00000364. The number of nitrogens with zero attached hydrogens (tertiary/aromatic N) is 2. The highest BCUT2D eigenvalue weighted by Crippen LogP contribution is 2.29. The van der Waals surface area contributed by atoms with E-state index in [9.17, 15) is 0 Å². The summed E-state index contributed by atoms with van der Waals surface area (Å²) >= 11 is 4.42. The highest BCUT2D eigenvalue weighted by molar-refractivity contribution is 14.1. The average Bonchev–Trinajstić information content (AvgIpc) is 2.61. The lowest BCUT2D eigenvalue weighted by atomic mass is 10.1. The fourth-order valence-corrected chi connectivity index (χ4v) is 4.20. The van der Waals surface area contributed by atoms with Gasteiger partial charge < -0.3 is 25.9 Å². The van der Waals surface area contributed by atoms with E-state index in [4.69, 9.17) is 25.9 Å². The molecule has 2 rings (SSSR count). The molecule has 0 radical (unpaired) electrons. The van der Waals surface area contributed by atoms with Gasteiger partial charge >= 0.3 is 0 Å². The van der Waals surface area contributed by atoms with Crippen LogP contribution in [0.25, 0.3) is 0 Å². The standard InChI is InChI=1S/C17H18I2N4O3.2ClH/c1-24-22-16(20)11-5-3-4-10(6-11)9-26-15-13(18)7-12(8-14(15)19)17(21)23-25-2;;/h3-8H,9H2,1-2H3,(H2,20,22)(H2,21,23);2*1H. The first-order valence-corrected chi connectivity index (χ1v) is 9.56. The van der Waals surface area contributed by atoms with Gasteiger partial charge in [0.05, 0.1) is 7.14 Å². The molecule has 28 heavy (non-hydrogen) atoms. The topological polar surface area (TPSA) is 104 Å². The third-order valence-electron chi connectivity index (χ3n) is 3.28. The number of oxime groups is 2. The van der Waals surface area contributed by atoms with Gasteiger partial charge in [0.25, 0.3) is 0 Å². The van der Waals surface area contributed by atoms with Crippen LogP contribution in [0.4, 0.5) is 0 Å². The highest BCUT2D eigenvalue weighted by atomic mass is 127. The molecule has 4 N–H and O–H groups in total. The molecule has 2 aromatic rings. The van der Waals surface area contributed by atoms with Crippen molar-refractivity contribution in [2.45, 2.75) is 6.61 Å². The second kappa shape index (κ2) is 13.1. The zero-order valence-electron chi connectivity index (χ0n) is 15.0. The zero-order chi connectivity index (χ0) is 19.1. The number of amidine groups is 2. The number of benzene rings is 2. The molecule has 2 aromatic carbocycles. The number of ether oxygens (including phenoxy) is 1. The van der Waals surface area contributed by atoms with Crippen LogP contribution in [0.1, 0.15) is 16.7 Å². The van der Waals surface area contributed by atoms with Crippen molar-refractivity contribution in [3.8, 4) is 5.75 Å². The van der Waals surface area contributed by atoms with Gasteiger partial charge in [-0.05, 0) is 68.9 Å². The number of nitrogens with two attached hydrogens (primary N) is 2. The minimum absolute atomic E-state index is 0. The minimum atomic E-state index is 0. The maximum atomic E-state index is 6.00. The molecule has 0 aliphatic heterocycles. The number of hydrogen-bond donors (Lipinski definition) is 2. The Morgan fingerprint density at radius 2 is 1.43 bits per heavy atom. The van der Waals surface area contributed by atoms with E-state index in [1.165, 1.54) is 14.2 Å². The lowest BCUT2D eigenvalue weighted by molar-refractivity contribution is 0.213. The monoisotopic (exact) mass is 652 g/mol. The third kappa shape index (κ3) is 7.33. The van der Waals surface area contributed by atoms with Gasteiger partial charge in [0.15, 0.2) is 11.7 Å². The van der Waals surface area contributed by atoms with Gasteiger partial charge in [-0.15, -0.1) is 24.8 Å². The maximum absolute atomic E-state index is 6.00. The summed E-state index contributed by atoms with van der Waals surface area (Å²) in [6, 6.07) is 11.4. The second-order valence-electron chi connectivity index (χ2n) is 5.08. The lowest BCUT2D eigenvalue weighted by Gasteiger charge is -2.13. The molecule has 0 unspecified atom stereocenters. The first-order valence-electron chi connectivity index (χ1n) is 7.41. The third-order valence-corrected chi connectivity index (χ3v) is 4.88. The van der Waals surface area contributed by atoms with Crippen molar-refractivity contribution in [2.75, 3.05) is 14.2 Å². The first kappa shape index (κ1) is 26.8. The van der Waals surface area contributed by atoms with Crippen molar-refractivity contribution in [2.24, 2.45) is 21.8 Å². The molecule has 154 valence electrons. The van der Waals surface area contributed by atoms with Crippen LogP contribution in [-0.2, 0) is 16.3 Å². The Labute approximate surface area is 203 Å². The van der Waals surface area contributed by atoms with E-state index in [1.54, 1.807) is 0 Å². The van der Waals surface area contributed by atoms with Crippen LogP contribution in [0, 0.1) is 7.14 Å². The second-order valence-corrected chi connectivity index (χ2v) is 7.40. The van der Waals surface area contributed by atoms with E-state index in [-0.39, 0.29) is 24.8 Å². The van der Waals surface area contributed by atoms with Gasteiger partial charge in [0, 0.05) is 11.1 Å². The molecule has 7 nitrogen and oxygen atoms in total. The first-order chi connectivity index (χ1) is 12.5. The molecule has 11 heteroatoms. The molecule has 0 heterocycles. The van der Waals surface area contributed by atoms with Crippen molar-refractivity contribution in [3.05, 3.63) is 60.2 Å². The van der Waals surface area contributed by atoms with E-state index in [1.807, 2.05) is 36.4 Å². The van der Waals surface area contributed by atoms with E-state index >= 15 is 0 Å². The van der Waals surface area contributed by atoms with Crippen LogP contribution in [0.15, 0.2) is 46.7 Å². The summed E-state index contributed by atoms with van der Waals surface area (Å²) in [6.45, 7) is 0.390. The summed E-state index contributed by atoms with van der Waals surface area (Å²) in [4.78, 5) is 9.43. The molecule has 0 spiro atoms. The van der Waals surface area contributed by atoms with Gasteiger partial charge in [0.2, 0.25) is 0 Å². The van der Waals surface area contributed by atoms with Crippen LogP contribution in [0.5, 0.6) is 5.75 Å². The van der Waals surface area contributed by atoms with Crippen molar-refractivity contribution in [1.29, 1.82) is 0 Å². The summed E-state index contributed by atoms with van der Waals surface area (Å²) < 4.78 is 7.86. The van der Waals surface area contributed by atoms with Crippen LogP contribution in [0.3, 0.4) is 0 Å². The number of halogens is 4. The summed E-state index contributed by atoms with van der Waals surface area (Å²) in [7, 11) is 2.91. The van der Waals surface area contributed by atoms with Crippen molar-refractivity contribution in [1.82, 2.24) is 0 Å². The predicted octanol–water partition coefficient (Wildman–Crippen LogP) is 3.85.